The molecule has 25 heavy (non-hydrogen) atoms. The van der Waals surface area contributed by atoms with Crippen molar-refractivity contribution in [3.8, 4) is 6.07 Å². The first-order chi connectivity index (χ1) is 12.2. The van der Waals surface area contributed by atoms with Gasteiger partial charge in [0.1, 0.15) is 5.82 Å². The molecule has 0 amide bonds. The number of nitrogens with one attached hydrogen (secondary N) is 2. The Morgan fingerprint density at radius 3 is 2.68 bits per heavy atom. The molecule has 2 N–H and O–H groups in total. The first-order valence-corrected chi connectivity index (χ1v) is 8.47. The molecule has 130 valence electrons. The minimum absolute atomic E-state index is 0.190. The summed E-state index contributed by atoms with van der Waals surface area (Å²) in [6.07, 6.45) is 1.97. The number of aryl methyl sites for hydroxylation is 1. The highest BCUT2D eigenvalue weighted by atomic mass is 19.1. The molecule has 2 rings (SSSR count). The number of hydrogen-bond acceptors (Lipinski definition) is 2. The third-order valence-corrected chi connectivity index (χ3v) is 3.70. The first-order valence-electron chi connectivity index (χ1n) is 8.47. The molecule has 0 aliphatic carbocycles. The molecule has 0 heterocycles. The van der Waals surface area contributed by atoms with E-state index in [9.17, 15) is 4.39 Å². The fourth-order valence-corrected chi connectivity index (χ4v) is 2.42. The van der Waals surface area contributed by atoms with Gasteiger partial charge in [0.25, 0.3) is 0 Å². The Labute approximate surface area is 148 Å². The van der Waals surface area contributed by atoms with E-state index in [0.29, 0.717) is 17.1 Å². The average Bonchev–Trinajstić information content (AvgIpc) is 2.65. The Balaban J connectivity index is 1.89. The number of aliphatic imine (C=N–C) groups is 1. The van der Waals surface area contributed by atoms with E-state index in [1.807, 2.05) is 31.2 Å². The van der Waals surface area contributed by atoms with Crippen molar-refractivity contribution in [3.05, 3.63) is 71.0 Å². The SMILES string of the molecule is CCNC(=NCc1cc(C#N)ccc1F)NCCCc1ccccc1. The maximum Gasteiger partial charge on any atom is 0.191 e. The second kappa shape index (κ2) is 10.1. The van der Waals surface area contributed by atoms with Gasteiger partial charge in [0.2, 0.25) is 0 Å². The van der Waals surface area contributed by atoms with E-state index >= 15 is 0 Å². The van der Waals surface area contributed by atoms with Gasteiger partial charge in [-0.25, -0.2) is 9.38 Å². The van der Waals surface area contributed by atoms with Crippen LogP contribution in [0, 0.1) is 17.1 Å². The number of guanidine groups is 1. The molecule has 2 aromatic carbocycles. The molecule has 0 bridgehead atoms. The third kappa shape index (κ3) is 6.27. The maximum atomic E-state index is 13.8. The lowest BCUT2D eigenvalue weighted by Gasteiger charge is -2.11. The highest BCUT2D eigenvalue weighted by molar-refractivity contribution is 5.79. The second-order valence-corrected chi connectivity index (χ2v) is 5.63. The monoisotopic (exact) mass is 338 g/mol. The van der Waals surface area contributed by atoms with Gasteiger partial charge in [-0.1, -0.05) is 30.3 Å². The maximum absolute atomic E-state index is 13.8. The van der Waals surface area contributed by atoms with E-state index in [1.165, 1.54) is 23.8 Å². The minimum Gasteiger partial charge on any atom is -0.357 e. The summed E-state index contributed by atoms with van der Waals surface area (Å²) in [5, 5.41) is 15.3. The third-order valence-electron chi connectivity index (χ3n) is 3.70. The lowest BCUT2D eigenvalue weighted by atomic mass is 10.1. The van der Waals surface area contributed by atoms with Gasteiger partial charge >= 0.3 is 0 Å². The molecule has 0 aromatic heterocycles. The van der Waals surface area contributed by atoms with Crippen molar-refractivity contribution in [3.63, 3.8) is 0 Å². The van der Waals surface area contributed by atoms with Crippen molar-refractivity contribution < 1.29 is 4.39 Å². The lowest BCUT2D eigenvalue weighted by Crippen LogP contribution is -2.37. The van der Waals surface area contributed by atoms with Crippen LogP contribution in [0.1, 0.15) is 30.0 Å². The smallest absolute Gasteiger partial charge is 0.191 e. The first kappa shape index (κ1) is 18.5. The van der Waals surface area contributed by atoms with E-state index in [2.05, 4.69) is 27.8 Å². The van der Waals surface area contributed by atoms with Crippen LogP contribution in [-0.2, 0) is 13.0 Å². The number of nitriles is 1. The van der Waals surface area contributed by atoms with Gasteiger partial charge in [-0.15, -0.1) is 0 Å². The molecular formula is C20H23FN4. The number of nitrogens with zero attached hydrogens (tertiary/aromatic N) is 2. The number of rotatable bonds is 7. The fourth-order valence-electron chi connectivity index (χ4n) is 2.42. The predicted molar refractivity (Wildman–Crippen MR) is 98.7 cm³/mol. The van der Waals surface area contributed by atoms with Crippen molar-refractivity contribution in [1.29, 1.82) is 5.26 Å². The Kier molecular flexibility index (Phi) is 7.45. The molecule has 0 unspecified atom stereocenters. The van der Waals surface area contributed by atoms with E-state index in [0.717, 1.165) is 25.9 Å². The highest BCUT2D eigenvalue weighted by Crippen LogP contribution is 2.11. The summed E-state index contributed by atoms with van der Waals surface area (Å²) in [5.41, 5.74) is 2.16. The summed E-state index contributed by atoms with van der Waals surface area (Å²) in [5.74, 6) is 0.306. The molecule has 0 saturated carbocycles. The van der Waals surface area contributed by atoms with Crippen molar-refractivity contribution in [2.24, 2.45) is 4.99 Å². The molecule has 0 spiro atoms. The molecule has 0 fully saturated rings. The second-order valence-electron chi connectivity index (χ2n) is 5.63. The number of halogens is 1. The molecule has 0 aliphatic heterocycles. The zero-order chi connectivity index (χ0) is 17.9. The van der Waals surface area contributed by atoms with Crippen LogP contribution in [0.15, 0.2) is 53.5 Å². The van der Waals surface area contributed by atoms with Crippen LogP contribution in [0.4, 0.5) is 4.39 Å². The molecule has 0 atom stereocenters. The van der Waals surface area contributed by atoms with Crippen LogP contribution < -0.4 is 10.6 Å². The molecule has 0 aliphatic rings. The standard InChI is InChI=1S/C20H23FN4/c1-2-23-20(24-12-6-9-16-7-4-3-5-8-16)25-15-18-13-17(14-22)10-11-19(18)21/h3-5,7-8,10-11,13H,2,6,9,12,15H2,1H3,(H2,23,24,25). The Morgan fingerprint density at radius 2 is 1.96 bits per heavy atom. The van der Waals surface area contributed by atoms with Crippen LogP contribution in [0.3, 0.4) is 0 Å². The van der Waals surface area contributed by atoms with Crippen LogP contribution in [-0.4, -0.2) is 19.0 Å². The average molecular weight is 338 g/mol. The van der Waals surface area contributed by atoms with E-state index in [4.69, 9.17) is 5.26 Å². The normalized spacial score (nSPS) is 11.0. The zero-order valence-corrected chi connectivity index (χ0v) is 14.4. The fraction of sp³-hybridized carbons (Fsp3) is 0.300. The van der Waals surface area contributed by atoms with Crippen molar-refractivity contribution in [2.45, 2.75) is 26.3 Å². The van der Waals surface area contributed by atoms with Crippen LogP contribution in [0.5, 0.6) is 0 Å². The van der Waals surface area contributed by atoms with E-state index in [1.54, 1.807) is 0 Å². The minimum atomic E-state index is -0.345. The lowest BCUT2D eigenvalue weighted by molar-refractivity contribution is 0.610. The quantitative estimate of drug-likeness (QED) is 0.462. The van der Waals surface area contributed by atoms with Gasteiger partial charge in [-0.2, -0.15) is 5.26 Å². The van der Waals surface area contributed by atoms with Gasteiger partial charge in [0.15, 0.2) is 5.96 Å². The summed E-state index contributed by atoms with van der Waals surface area (Å²) < 4.78 is 13.8. The predicted octanol–water partition coefficient (Wildman–Crippen LogP) is 3.39. The molecule has 5 heteroatoms. The highest BCUT2D eigenvalue weighted by Gasteiger charge is 2.04. The Hall–Kier alpha value is -2.87. The summed E-state index contributed by atoms with van der Waals surface area (Å²) in [7, 11) is 0. The number of benzene rings is 2. The summed E-state index contributed by atoms with van der Waals surface area (Å²) in [6, 6.07) is 16.7. The molecule has 0 saturated heterocycles. The van der Waals surface area contributed by atoms with Crippen molar-refractivity contribution in [2.75, 3.05) is 13.1 Å². The van der Waals surface area contributed by atoms with Crippen molar-refractivity contribution >= 4 is 5.96 Å². The van der Waals surface area contributed by atoms with Gasteiger partial charge < -0.3 is 10.6 Å². The van der Waals surface area contributed by atoms with E-state index < -0.39 is 0 Å². The van der Waals surface area contributed by atoms with Crippen LogP contribution in [0.25, 0.3) is 0 Å². The molecule has 2 aromatic rings. The van der Waals surface area contributed by atoms with Crippen LogP contribution in [0.2, 0.25) is 0 Å². The van der Waals surface area contributed by atoms with Gasteiger partial charge in [0.05, 0.1) is 18.2 Å². The largest absolute Gasteiger partial charge is 0.357 e. The van der Waals surface area contributed by atoms with Gasteiger partial charge in [-0.3, -0.25) is 0 Å². The number of hydrogen-bond donors (Lipinski definition) is 2. The summed E-state index contributed by atoms with van der Waals surface area (Å²) in [4.78, 5) is 4.41. The Morgan fingerprint density at radius 1 is 1.16 bits per heavy atom. The molecule has 4 nitrogen and oxygen atoms in total. The topological polar surface area (TPSA) is 60.2 Å². The molecular weight excluding hydrogens is 315 g/mol. The van der Waals surface area contributed by atoms with Gasteiger partial charge in [0, 0.05) is 18.7 Å². The van der Waals surface area contributed by atoms with Crippen LogP contribution >= 0.6 is 0 Å². The van der Waals surface area contributed by atoms with E-state index in [-0.39, 0.29) is 12.4 Å². The molecule has 0 radical (unpaired) electrons. The zero-order valence-electron chi connectivity index (χ0n) is 14.4. The summed E-state index contributed by atoms with van der Waals surface area (Å²) in [6.45, 7) is 3.68. The summed E-state index contributed by atoms with van der Waals surface area (Å²) >= 11 is 0. The van der Waals surface area contributed by atoms with Gasteiger partial charge in [-0.05, 0) is 43.5 Å². The Bertz CT molecular complexity index is 735. The van der Waals surface area contributed by atoms with Crippen molar-refractivity contribution in [1.82, 2.24) is 10.6 Å².